The summed E-state index contributed by atoms with van der Waals surface area (Å²) in [5, 5.41) is 0. The Hall–Kier alpha value is -1.56. The van der Waals surface area contributed by atoms with Gasteiger partial charge in [0, 0.05) is 5.92 Å². The summed E-state index contributed by atoms with van der Waals surface area (Å²) < 4.78 is 0. The van der Waals surface area contributed by atoms with Crippen LogP contribution in [0.1, 0.15) is 12.5 Å². The molecule has 0 amide bonds. The highest BCUT2D eigenvalue weighted by atomic mass is 14.0. The molecule has 1 rings (SSSR count). The van der Waals surface area contributed by atoms with Crippen molar-refractivity contribution in [2.45, 2.75) is 6.92 Å². The molecule has 1 atom stereocenters. The maximum absolute atomic E-state index is 3.79. The van der Waals surface area contributed by atoms with Crippen LogP contribution in [0.5, 0.6) is 0 Å². The van der Waals surface area contributed by atoms with Gasteiger partial charge in [-0.15, -0.1) is 6.58 Å². The van der Waals surface area contributed by atoms with E-state index in [0.29, 0.717) is 5.92 Å². The second-order valence-electron chi connectivity index (χ2n) is 3.11. The van der Waals surface area contributed by atoms with Gasteiger partial charge in [0.15, 0.2) is 0 Å². The van der Waals surface area contributed by atoms with Crippen molar-refractivity contribution in [1.82, 2.24) is 0 Å². The summed E-state index contributed by atoms with van der Waals surface area (Å²) in [6.45, 7) is 5.81. The molecule has 0 heterocycles. The average molecular weight is 184 g/mol. The molecule has 0 saturated carbocycles. The van der Waals surface area contributed by atoms with Crippen LogP contribution >= 0.6 is 0 Å². The van der Waals surface area contributed by atoms with Gasteiger partial charge in [-0.2, -0.15) is 0 Å². The van der Waals surface area contributed by atoms with E-state index in [9.17, 15) is 0 Å². The zero-order valence-corrected chi connectivity index (χ0v) is 8.56. The minimum absolute atomic E-state index is 0.334. The minimum Gasteiger partial charge on any atom is -0.102 e. The van der Waals surface area contributed by atoms with Crippen molar-refractivity contribution in [3.05, 3.63) is 66.8 Å². The highest BCUT2D eigenvalue weighted by molar-refractivity contribution is 5.49. The summed E-state index contributed by atoms with van der Waals surface area (Å²) in [7, 11) is 0. The normalized spacial score (nSPS) is 13.5. The summed E-state index contributed by atoms with van der Waals surface area (Å²) in [4.78, 5) is 0. The van der Waals surface area contributed by atoms with E-state index in [1.807, 2.05) is 37.3 Å². The second kappa shape index (κ2) is 5.98. The van der Waals surface area contributed by atoms with Gasteiger partial charge in [0.05, 0.1) is 0 Å². The summed E-state index contributed by atoms with van der Waals surface area (Å²) in [6.07, 6.45) is 10.3. The van der Waals surface area contributed by atoms with Crippen LogP contribution in [-0.2, 0) is 0 Å². The number of benzene rings is 1. The van der Waals surface area contributed by atoms with Crippen molar-refractivity contribution in [3.8, 4) is 0 Å². The summed E-state index contributed by atoms with van der Waals surface area (Å²) in [5.74, 6) is 0.334. The number of rotatable bonds is 4. The van der Waals surface area contributed by atoms with Crippen LogP contribution in [-0.4, -0.2) is 0 Å². The van der Waals surface area contributed by atoms with Gasteiger partial charge in [-0.05, 0) is 12.5 Å². The third-order valence-corrected chi connectivity index (χ3v) is 2.00. The predicted molar refractivity (Wildman–Crippen MR) is 64.0 cm³/mol. The third-order valence-electron chi connectivity index (χ3n) is 2.00. The molecule has 14 heavy (non-hydrogen) atoms. The lowest BCUT2D eigenvalue weighted by molar-refractivity contribution is 1.08. The van der Waals surface area contributed by atoms with Gasteiger partial charge >= 0.3 is 0 Å². The molecule has 0 aromatic heterocycles. The van der Waals surface area contributed by atoms with Gasteiger partial charge in [-0.3, -0.25) is 0 Å². The van der Waals surface area contributed by atoms with Gasteiger partial charge in [0.25, 0.3) is 0 Å². The Labute approximate surface area is 86.3 Å². The van der Waals surface area contributed by atoms with Crippen molar-refractivity contribution in [2.75, 3.05) is 0 Å². The largest absolute Gasteiger partial charge is 0.102 e. The van der Waals surface area contributed by atoms with Crippen molar-refractivity contribution in [3.63, 3.8) is 0 Å². The SMILES string of the molecule is C=CC(C=CC)C=Cc1ccccc1. The Morgan fingerprint density at radius 2 is 1.86 bits per heavy atom. The molecule has 0 saturated heterocycles. The van der Waals surface area contributed by atoms with Crippen molar-refractivity contribution < 1.29 is 0 Å². The Morgan fingerprint density at radius 1 is 1.14 bits per heavy atom. The van der Waals surface area contributed by atoms with E-state index in [1.165, 1.54) is 5.56 Å². The highest BCUT2D eigenvalue weighted by Gasteiger charge is 1.90. The number of hydrogen-bond acceptors (Lipinski definition) is 0. The van der Waals surface area contributed by atoms with E-state index in [4.69, 9.17) is 0 Å². The Morgan fingerprint density at radius 3 is 2.43 bits per heavy atom. The molecule has 1 unspecified atom stereocenters. The van der Waals surface area contributed by atoms with E-state index >= 15 is 0 Å². The molecular weight excluding hydrogens is 168 g/mol. The van der Waals surface area contributed by atoms with Crippen molar-refractivity contribution in [2.24, 2.45) is 5.92 Å². The molecule has 0 radical (unpaired) electrons. The molecule has 0 bridgehead atoms. The smallest absolute Gasteiger partial charge is 0.0128 e. The van der Waals surface area contributed by atoms with Crippen molar-refractivity contribution in [1.29, 1.82) is 0 Å². The topological polar surface area (TPSA) is 0 Å². The van der Waals surface area contributed by atoms with Gasteiger partial charge in [-0.1, -0.05) is 60.7 Å². The van der Waals surface area contributed by atoms with Crippen LogP contribution in [0.3, 0.4) is 0 Å². The van der Waals surface area contributed by atoms with E-state index in [-0.39, 0.29) is 0 Å². The molecule has 0 nitrogen and oxygen atoms in total. The molecule has 1 aromatic carbocycles. The first-order valence-electron chi connectivity index (χ1n) is 4.85. The van der Waals surface area contributed by atoms with E-state index in [2.05, 4.69) is 36.9 Å². The zero-order valence-electron chi connectivity index (χ0n) is 8.56. The number of allylic oxidation sites excluding steroid dienone is 4. The fourth-order valence-electron chi connectivity index (χ4n) is 1.23. The molecule has 0 aliphatic rings. The monoisotopic (exact) mass is 184 g/mol. The summed E-state index contributed by atoms with van der Waals surface area (Å²) in [5.41, 5.74) is 1.23. The molecule has 0 heteroatoms. The number of hydrogen-bond donors (Lipinski definition) is 0. The predicted octanol–water partition coefficient (Wildman–Crippen LogP) is 4.08. The quantitative estimate of drug-likeness (QED) is 0.618. The van der Waals surface area contributed by atoms with E-state index in [0.717, 1.165) is 0 Å². The molecule has 1 aromatic rings. The summed E-state index contributed by atoms with van der Waals surface area (Å²) >= 11 is 0. The maximum Gasteiger partial charge on any atom is 0.0128 e. The Kier molecular flexibility index (Phi) is 4.49. The fraction of sp³-hybridized carbons (Fsp3) is 0.143. The first-order valence-corrected chi connectivity index (χ1v) is 4.85. The van der Waals surface area contributed by atoms with Gasteiger partial charge in [-0.25, -0.2) is 0 Å². The lowest BCUT2D eigenvalue weighted by Crippen LogP contribution is -1.83. The minimum atomic E-state index is 0.334. The van der Waals surface area contributed by atoms with Gasteiger partial charge in [0.2, 0.25) is 0 Å². The molecule has 0 fully saturated rings. The lowest BCUT2D eigenvalue weighted by Gasteiger charge is -1.98. The Bertz CT molecular complexity index is 317. The van der Waals surface area contributed by atoms with Crippen LogP contribution in [0.2, 0.25) is 0 Å². The van der Waals surface area contributed by atoms with Crippen LogP contribution in [0, 0.1) is 5.92 Å². The standard InChI is InChI=1S/C14H16/c1-3-8-13(4-2)11-12-14-9-6-5-7-10-14/h3-13H,2H2,1H3. The molecule has 0 aliphatic carbocycles. The molecule has 72 valence electrons. The molecular formula is C14H16. The first kappa shape index (κ1) is 10.5. The zero-order chi connectivity index (χ0) is 10.2. The summed E-state index contributed by atoms with van der Waals surface area (Å²) in [6, 6.07) is 10.3. The van der Waals surface area contributed by atoms with Crippen molar-refractivity contribution >= 4 is 6.08 Å². The molecule has 0 N–H and O–H groups in total. The molecule has 0 aliphatic heterocycles. The van der Waals surface area contributed by atoms with Crippen LogP contribution in [0.4, 0.5) is 0 Å². The maximum atomic E-state index is 3.79. The van der Waals surface area contributed by atoms with Crippen LogP contribution in [0.15, 0.2) is 61.2 Å². The van der Waals surface area contributed by atoms with Crippen LogP contribution in [0.25, 0.3) is 6.08 Å². The van der Waals surface area contributed by atoms with Crippen LogP contribution < -0.4 is 0 Å². The van der Waals surface area contributed by atoms with E-state index in [1.54, 1.807) is 0 Å². The second-order valence-corrected chi connectivity index (χ2v) is 3.11. The van der Waals surface area contributed by atoms with E-state index < -0.39 is 0 Å². The molecule has 0 spiro atoms. The third kappa shape index (κ3) is 3.44. The first-order chi connectivity index (χ1) is 6.86. The average Bonchev–Trinajstić information content (AvgIpc) is 2.25. The fourth-order valence-corrected chi connectivity index (χ4v) is 1.23. The highest BCUT2D eigenvalue weighted by Crippen LogP contribution is 2.07. The van der Waals surface area contributed by atoms with Gasteiger partial charge in [0.1, 0.15) is 0 Å². The Balaban J connectivity index is 2.67. The van der Waals surface area contributed by atoms with Gasteiger partial charge < -0.3 is 0 Å². The lowest BCUT2D eigenvalue weighted by atomic mass is 10.1.